The highest BCUT2D eigenvalue weighted by molar-refractivity contribution is 5.25. The summed E-state index contributed by atoms with van der Waals surface area (Å²) in [5, 5.41) is 7.17. The van der Waals surface area contributed by atoms with Gasteiger partial charge in [0.2, 0.25) is 0 Å². The van der Waals surface area contributed by atoms with Gasteiger partial charge in [-0.15, -0.1) is 0 Å². The van der Waals surface area contributed by atoms with Crippen molar-refractivity contribution in [2.75, 3.05) is 7.05 Å². The lowest BCUT2D eigenvalue weighted by Crippen LogP contribution is -2.13. The highest BCUT2D eigenvalue weighted by Crippen LogP contribution is 2.29. The molecule has 1 heterocycles. The molecule has 0 amide bonds. The lowest BCUT2D eigenvalue weighted by atomic mass is 10.1. The van der Waals surface area contributed by atoms with Crippen LogP contribution in [0.4, 0.5) is 13.2 Å². The Bertz CT molecular complexity index is 529. The van der Waals surface area contributed by atoms with E-state index in [1.54, 1.807) is 10.9 Å². The van der Waals surface area contributed by atoms with E-state index in [9.17, 15) is 13.2 Å². The molecule has 0 aliphatic heterocycles. The highest BCUT2D eigenvalue weighted by atomic mass is 19.4. The molecule has 102 valence electrons. The van der Waals surface area contributed by atoms with Crippen LogP contribution >= 0.6 is 0 Å². The maximum atomic E-state index is 12.4. The summed E-state index contributed by atoms with van der Waals surface area (Å²) in [4.78, 5) is 0. The van der Waals surface area contributed by atoms with Crippen molar-refractivity contribution in [3.8, 4) is 0 Å². The first kappa shape index (κ1) is 13.6. The number of halogens is 3. The Kier molecular flexibility index (Phi) is 3.90. The molecular formula is C13H14F3N3. The molecule has 0 aliphatic rings. The first-order valence-corrected chi connectivity index (χ1v) is 5.82. The van der Waals surface area contributed by atoms with Gasteiger partial charge in [0.1, 0.15) is 0 Å². The molecule has 0 bridgehead atoms. The monoisotopic (exact) mass is 269 g/mol. The summed E-state index contributed by atoms with van der Waals surface area (Å²) >= 11 is 0. The zero-order chi connectivity index (χ0) is 13.9. The molecule has 2 rings (SSSR count). The Hall–Kier alpha value is -1.82. The molecule has 0 atom stereocenters. The van der Waals surface area contributed by atoms with Crippen LogP contribution in [0.15, 0.2) is 36.5 Å². The van der Waals surface area contributed by atoms with E-state index in [-0.39, 0.29) is 0 Å². The molecule has 19 heavy (non-hydrogen) atoms. The van der Waals surface area contributed by atoms with E-state index in [1.165, 1.54) is 12.1 Å². The molecule has 1 aromatic heterocycles. The average Bonchev–Trinajstić information content (AvgIpc) is 2.77. The van der Waals surface area contributed by atoms with Gasteiger partial charge in [-0.25, -0.2) is 0 Å². The van der Waals surface area contributed by atoms with Gasteiger partial charge < -0.3 is 5.32 Å². The van der Waals surface area contributed by atoms with Gasteiger partial charge in [0.15, 0.2) is 0 Å². The molecule has 0 fully saturated rings. The normalized spacial score (nSPS) is 11.8. The summed E-state index contributed by atoms with van der Waals surface area (Å²) in [5.41, 5.74) is 1.14. The topological polar surface area (TPSA) is 29.9 Å². The van der Waals surface area contributed by atoms with Crippen LogP contribution in [0.3, 0.4) is 0 Å². The quantitative estimate of drug-likeness (QED) is 0.924. The van der Waals surface area contributed by atoms with Gasteiger partial charge in [-0.2, -0.15) is 18.3 Å². The first-order valence-electron chi connectivity index (χ1n) is 5.82. The molecule has 0 saturated carbocycles. The van der Waals surface area contributed by atoms with Gasteiger partial charge in [0, 0.05) is 12.7 Å². The van der Waals surface area contributed by atoms with Crippen LogP contribution in [0, 0.1) is 0 Å². The average molecular weight is 269 g/mol. The van der Waals surface area contributed by atoms with Gasteiger partial charge in [-0.1, -0.05) is 12.1 Å². The van der Waals surface area contributed by atoms with E-state index in [1.807, 2.05) is 13.1 Å². The predicted molar refractivity (Wildman–Crippen MR) is 65.5 cm³/mol. The zero-order valence-electron chi connectivity index (χ0n) is 10.4. The SMILES string of the molecule is CNCc1ccnn1Cc1ccc(C(F)(F)F)cc1. The summed E-state index contributed by atoms with van der Waals surface area (Å²) < 4.78 is 39.1. The van der Waals surface area contributed by atoms with E-state index < -0.39 is 11.7 Å². The number of nitrogens with zero attached hydrogens (tertiary/aromatic N) is 2. The Balaban J connectivity index is 2.13. The molecule has 3 nitrogen and oxygen atoms in total. The third-order valence-corrected chi connectivity index (χ3v) is 2.78. The van der Waals surface area contributed by atoms with Crippen molar-refractivity contribution in [2.24, 2.45) is 0 Å². The van der Waals surface area contributed by atoms with E-state index >= 15 is 0 Å². The van der Waals surface area contributed by atoms with Crippen LogP contribution in [0.5, 0.6) is 0 Å². The summed E-state index contributed by atoms with van der Waals surface area (Å²) in [6.07, 6.45) is -2.61. The molecule has 0 saturated heterocycles. The molecule has 1 N–H and O–H groups in total. The van der Waals surface area contributed by atoms with Crippen molar-refractivity contribution in [1.82, 2.24) is 15.1 Å². The van der Waals surface area contributed by atoms with Crippen LogP contribution in [0.2, 0.25) is 0 Å². The molecule has 0 unspecified atom stereocenters. The Labute approximate surface area is 109 Å². The molecule has 1 aromatic carbocycles. The first-order chi connectivity index (χ1) is 9.00. The standard InChI is InChI=1S/C13H14F3N3/c1-17-8-12-6-7-18-19(12)9-10-2-4-11(5-3-10)13(14,15)16/h2-7,17H,8-9H2,1H3. The fourth-order valence-electron chi connectivity index (χ4n) is 1.81. The second-order valence-electron chi connectivity index (χ2n) is 4.21. The maximum absolute atomic E-state index is 12.4. The predicted octanol–water partition coefficient (Wildman–Crippen LogP) is 2.67. The maximum Gasteiger partial charge on any atom is 0.416 e. The summed E-state index contributed by atoms with van der Waals surface area (Å²) in [5.74, 6) is 0. The minimum absolute atomic E-state index is 0.460. The van der Waals surface area contributed by atoms with Crippen molar-refractivity contribution in [3.05, 3.63) is 53.3 Å². The largest absolute Gasteiger partial charge is 0.416 e. The van der Waals surface area contributed by atoms with Gasteiger partial charge in [-0.3, -0.25) is 4.68 Å². The third kappa shape index (κ3) is 3.35. The van der Waals surface area contributed by atoms with Crippen LogP contribution in [0.1, 0.15) is 16.8 Å². The molecule has 6 heteroatoms. The fraction of sp³-hybridized carbons (Fsp3) is 0.308. The Morgan fingerprint density at radius 2 is 1.84 bits per heavy atom. The van der Waals surface area contributed by atoms with Crippen LogP contribution in [-0.2, 0) is 19.3 Å². The minimum atomic E-state index is -4.29. The minimum Gasteiger partial charge on any atom is -0.314 e. The number of aromatic nitrogens is 2. The number of hydrogen-bond donors (Lipinski definition) is 1. The number of nitrogens with one attached hydrogen (secondary N) is 1. The van der Waals surface area contributed by atoms with Crippen molar-refractivity contribution >= 4 is 0 Å². The fourth-order valence-corrected chi connectivity index (χ4v) is 1.81. The number of alkyl halides is 3. The van der Waals surface area contributed by atoms with Crippen molar-refractivity contribution < 1.29 is 13.2 Å². The van der Waals surface area contributed by atoms with E-state index in [0.29, 0.717) is 13.1 Å². The molecule has 0 spiro atoms. The van der Waals surface area contributed by atoms with E-state index in [2.05, 4.69) is 10.4 Å². The van der Waals surface area contributed by atoms with Gasteiger partial charge >= 0.3 is 6.18 Å². The Morgan fingerprint density at radius 3 is 2.42 bits per heavy atom. The van der Waals surface area contributed by atoms with Crippen molar-refractivity contribution in [1.29, 1.82) is 0 Å². The second-order valence-corrected chi connectivity index (χ2v) is 4.21. The lowest BCUT2D eigenvalue weighted by molar-refractivity contribution is -0.137. The zero-order valence-corrected chi connectivity index (χ0v) is 10.4. The molecule has 0 aliphatic carbocycles. The molecule has 0 radical (unpaired) electrons. The molecular weight excluding hydrogens is 255 g/mol. The second kappa shape index (κ2) is 5.44. The summed E-state index contributed by atoms with van der Waals surface area (Å²) in [7, 11) is 1.83. The molecule has 2 aromatic rings. The highest BCUT2D eigenvalue weighted by Gasteiger charge is 2.29. The van der Waals surface area contributed by atoms with Crippen molar-refractivity contribution in [3.63, 3.8) is 0 Å². The van der Waals surface area contributed by atoms with Crippen LogP contribution < -0.4 is 5.32 Å². The number of benzene rings is 1. The van der Waals surface area contributed by atoms with Gasteiger partial charge in [-0.05, 0) is 30.8 Å². The third-order valence-electron chi connectivity index (χ3n) is 2.78. The summed E-state index contributed by atoms with van der Waals surface area (Å²) in [6.45, 7) is 1.13. The van der Waals surface area contributed by atoms with Crippen molar-refractivity contribution in [2.45, 2.75) is 19.3 Å². The van der Waals surface area contributed by atoms with Gasteiger partial charge in [0.05, 0.1) is 17.8 Å². The van der Waals surface area contributed by atoms with E-state index in [0.717, 1.165) is 23.4 Å². The summed E-state index contributed by atoms with van der Waals surface area (Å²) in [6, 6.07) is 7.02. The van der Waals surface area contributed by atoms with Crippen LogP contribution in [0.25, 0.3) is 0 Å². The van der Waals surface area contributed by atoms with Gasteiger partial charge in [0.25, 0.3) is 0 Å². The van der Waals surface area contributed by atoms with Crippen LogP contribution in [-0.4, -0.2) is 16.8 Å². The number of rotatable bonds is 4. The smallest absolute Gasteiger partial charge is 0.314 e. The number of hydrogen-bond acceptors (Lipinski definition) is 2. The van der Waals surface area contributed by atoms with E-state index in [4.69, 9.17) is 0 Å². The lowest BCUT2D eigenvalue weighted by Gasteiger charge is -2.09. The Morgan fingerprint density at radius 1 is 1.16 bits per heavy atom.